The van der Waals surface area contributed by atoms with Gasteiger partial charge in [-0.15, -0.1) is 11.8 Å². The monoisotopic (exact) mass is 245 g/mol. The minimum absolute atomic E-state index is 0.478. The highest BCUT2D eigenvalue weighted by Gasteiger charge is 2.04. The van der Waals surface area contributed by atoms with Gasteiger partial charge in [-0.3, -0.25) is 0 Å². The Hall–Kier alpha value is -0.610. The van der Waals surface area contributed by atoms with Crippen LogP contribution in [-0.4, -0.2) is 18.3 Å². The van der Waals surface area contributed by atoms with Gasteiger partial charge in [0.1, 0.15) is 11.6 Å². The van der Waals surface area contributed by atoms with Crippen LogP contribution >= 0.6 is 11.8 Å². The van der Waals surface area contributed by atoms with Crippen LogP contribution in [-0.2, 0) is 0 Å². The van der Waals surface area contributed by atoms with Crippen molar-refractivity contribution in [1.29, 1.82) is 0 Å². The number of nitrogens with one attached hydrogen (secondary N) is 1. The van der Waals surface area contributed by atoms with Crippen molar-refractivity contribution < 1.29 is 8.78 Å². The highest BCUT2D eigenvalue weighted by molar-refractivity contribution is 7.99. The molecule has 0 heterocycles. The van der Waals surface area contributed by atoms with E-state index < -0.39 is 11.6 Å². The average Bonchev–Trinajstić information content (AvgIpc) is 2.26. The van der Waals surface area contributed by atoms with Crippen molar-refractivity contribution in [3.05, 3.63) is 29.8 Å². The van der Waals surface area contributed by atoms with Gasteiger partial charge in [-0.1, -0.05) is 6.92 Å². The minimum atomic E-state index is -0.528. The van der Waals surface area contributed by atoms with E-state index >= 15 is 0 Å². The fourth-order valence-corrected chi connectivity index (χ4v) is 2.00. The molecule has 1 N–H and O–H groups in total. The van der Waals surface area contributed by atoms with E-state index in [1.165, 1.54) is 23.9 Å². The van der Waals surface area contributed by atoms with E-state index in [1.54, 1.807) is 0 Å². The molecule has 0 aliphatic heterocycles. The number of benzene rings is 1. The zero-order valence-electron chi connectivity index (χ0n) is 9.59. The van der Waals surface area contributed by atoms with Crippen LogP contribution in [0, 0.1) is 11.6 Å². The summed E-state index contributed by atoms with van der Waals surface area (Å²) in [6.45, 7) is 5.06. The molecule has 0 radical (unpaired) electrons. The van der Waals surface area contributed by atoms with Crippen LogP contribution < -0.4 is 5.32 Å². The summed E-state index contributed by atoms with van der Waals surface area (Å²) in [7, 11) is 0. The molecule has 1 aromatic carbocycles. The number of thioether (sulfide) groups is 1. The summed E-state index contributed by atoms with van der Waals surface area (Å²) in [5, 5.41) is 3.32. The minimum Gasteiger partial charge on any atom is -0.313 e. The molecule has 16 heavy (non-hydrogen) atoms. The summed E-state index contributed by atoms with van der Waals surface area (Å²) in [5.74, 6) is -0.222. The summed E-state index contributed by atoms with van der Waals surface area (Å²) in [6, 6.07) is 4.18. The van der Waals surface area contributed by atoms with Gasteiger partial charge in [0.15, 0.2) is 0 Å². The van der Waals surface area contributed by atoms with Crippen molar-refractivity contribution in [2.75, 3.05) is 12.3 Å². The molecule has 0 bridgehead atoms. The second-order valence-corrected chi connectivity index (χ2v) is 4.82. The Labute approximate surface area is 99.6 Å². The predicted molar refractivity (Wildman–Crippen MR) is 64.8 cm³/mol. The molecule has 1 rings (SSSR count). The molecule has 0 aliphatic rings. The number of halogens is 2. The second-order valence-electron chi connectivity index (χ2n) is 3.69. The molecule has 0 aromatic heterocycles. The van der Waals surface area contributed by atoms with E-state index in [4.69, 9.17) is 0 Å². The van der Waals surface area contributed by atoms with Crippen molar-refractivity contribution in [3.8, 4) is 0 Å². The van der Waals surface area contributed by atoms with E-state index in [2.05, 4.69) is 19.2 Å². The van der Waals surface area contributed by atoms with Crippen LogP contribution in [0.5, 0.6) is 0 Å². The fourth-order valence-electron chi connectivity index (χ4n) is 1.20. The smallest absolute Gasteiger partial charge is 0.139 e. The molecule has 0 spiro atoms. The van der Waals surface area contributed by atoms with Crippen LogP contribution in [0.2, 0.25) is 0 Å². The molecule has 0 saturated carbocycles. The van der Waals surface area contributed by atoms with Crippen LogP contribution in [0.25, 0.3) is 0 Å². The molecule has 4 heteroatoms. The lowest BCUT2D eigenvalue weighted by atomic mass is 10.3. The average molecular weight is 245 g/mol. The molecule has 1 aromatic rings. The first kappa shape index (κ1) is 13.5. The van der Waals surface area contributed by atoms with Gasteiger partial charge in [-0.05, 0) is 25.5 Å². The highest BCUT2D eigenvalue weighted by Crippen LogP contribution is 2.21. The predicted octanol–water partition coefficient (Wildman–Crippen LogP) is 3.45. The van der Waals surface area contributed by atoms with Gasteiger partial charge in [0.25, 0.3) is 0 Å². The van der Waals surface area contributed by atoms with E-state index in [-0.39, 0.29) is 0 Å². The van der Waals surface area contributed by atoms with Crippen molar-refractivity contribution in [1.82, 2.24) is 5.32 Å². The van der Waals surface area contributed by atoms with Crippen LogP contribution in [0.3, 0.4) is 0 Å². The number of hydrogen-bond acceptors (Lipinski definition) is 2. The van der Waals surface area contributed by atoms with E-state index in [0.717, 1.165) is 24.8 Å². The highest BCUT2D eigenvalue weighted by atomic mass is 32.2. The summed E-state index contributed by atoms with van der Waals surface area (Å²) in [5.41, 5.74) is 0. The maximum atomic E-state index is 13.2. The standard InChI is InChI=1S/C12H17F2NS/c1-3-9(2)15-6-7-16-12-5-4-10(13)8-11(12)14/h4-5,8-9,15H,3,6-7H2,1-2H3. The molecule has 0 amide bonds. The molecular formula is C12H17F2NS. The fraction of sp³-hybridized carbons (Fsp3) is 0.500. The summed E-state index contributed by atoms with van der Waals surface area (Å²) in [4.78, 5) is 0.507. The Morgan fingerprint density at radius 2 is 2.12 bits per heavy atom. The zero-order valence-corrected chi connectivity index (χ0v) is 10.4. The zero-order chi connectivity index (χ0) is 12.0. The molecule has 1 atom stereocenters. The largest absolute Gasteiger partial charge is 0.313 e. The van der Waals surface area contributed by atoms with Gasteiger partial charge >= 0.3 is 0 Å². The van der Waals surface area contributed by atoms with E-state index in [0.29, 0.717) is 10.9 Å². The Morgan fingerprint density at radius 3 is 2.75 bits per heavy atom. The number of hydrogen-bond donors (Lipinski definition) is 1. The first-order valence-corrected chi connectivity index (χ1v) is 6.43. The maximum absolute atomic E-state index is 13.2. The van der Waals surface area contributed by atoms with E-state index in [9.17, 15) is 8.78 Å². The van der Waals surface area contributed by atoms with Gasteiger partial charge in [-0.25, -0.2) is 8.78 Å². The Morgan fingerprint density at radius 1 is 1.38 bits per heavy atom. The normalized spacial score (nSPS) is 12.8. The van der Waals surface area contributed by atoms with Gasteiger partial charge < -0.3 is 5.32 Å². The second kappa shape index (κ2) is 6.86. The molecule has 0 aliphatic carbocycles. The third-order valence-electron chi connectivity index (χ3n) is 2.36. The Kier molecular flexibility index (Phi) is 5.77. The first-order valence-electron chi connectivity index (χ1n) is 5.44. The third kappa shape index (κ3) is 4.49. The Balaban J connectivity index is 2.32. The van der Waals surface area contributed by atoms with E-state index in [1.807, 2.05) is 0 Å². The van der Waals surface area contributed by atoms with Crippen LogP contribution in [0.1, 0.15) is 20.3 Å². The maximum Gasteiger partial charge on any atom is 0.139 e. The molecular weight excluding hydrogens is 228 g/mol. The Bertz CT molecular complexity index is 331. The van der Waals surface area contributed by atoms with Gasteiger partial charge in [0.2, 0.25) is 0 Å². The summed E-state index contributed by atoms with van der Waals surface area (Å²) in [6.07, 6.45) is 1.08. The van der Waals surface area contributed by atoms with Crippen LogP contribution in [0.15, 0.2) is 23.1 Å². The lowest BCUT2D eigenvalue weighted by molar-refractivity contribution is 0.554. The van der Waals surface area contributed by atoms with Crippen molar-refractivity contribution in [2.24, 2.45) is 0 Å². The first-order chi connectivity index (χ1) is 7.63. The summed E-state index contributed by atoms with van der Waals surface area (Å²) < 4.78 is 25.8. The SMILES string of the molecule is CCC(C)NCCSc1ccc(F)cc1F. The molecule has 90 valence electrons. The summed E-state index contributed by atoms with van der Waals surface area (Å²) >= 11 is 1.40. The number of rotatable bonds is 6. The van der Waals surface area contributed by atoms with Crippen LogP contribution in [0.4, 0.5) is 8.78 Å². The van der Waals surface area contributed by atoms with Gasteiger partial charge in [0.05, 0.1) is 0 Å². The third-order valence-corrected chi connectivity index (χ3v) is 3.41. The quantitative estimate of drug-likeness (QED) is 0.608. The van der Waals surface area contributed by atoms with Crippen molar-refractivity contribution in [2.45, 2.75) is 31.2 Å². The van der Waals surface area contributed by atoms with Crippen molar-refractivity contribution in [3.63, 3.8) is 0 Å². The topological polar surface area (TPSA) is 12.0 Å². The molecule has 0 saturated heterocycles. The molecule has 1 nitrogen and oxygen atoms in total. The molecule has 0 fully saturated rings. The van der Waals surface area contributed by atoms with Gasteiger partial charge in [-0.2, -0.15) is 0 Å². The van der Waals surface area contributed by atoms with Crippen molar-refractivity contribution >= 4 is 11.8 Å². The lowest BCUT2D eigenvalue weighted by Crippen LogP contribution is -2.27. The van der Waals surface area contributed by atoms with Gasteiger partial charge in [0, 0.05) is 29.3 Å². The lowest BCUT2D eigenvalue weighted by Gasteiger charge is -2.10. The molecule has 1 unspecified atom stereocenters.